The highest BCUT2D eigenvalue weighted by Gasteiger charge is 2.59. The van der Waals surface area contributed by atoms with Crippen LogP contribution in [0.25, 0.3) is 10.9 Å². The fraction of sp³-hybridized carbons (Fsp3) is 0.320. The number of amides is 1. The SMILES string of the molecule is Cc1cc(COc2ccc(S(=O)(=O)NC3C(C(=O)O)C4CCC3N4C(=O)O)cc2)c2ccccc2n1. The van der Waals surface area contributed by atoms with Crippen LogP contribution in [0.1, 0.15) is 24.1 Å². The van der Waals surface area contributed by atoms with E-state index in [2.05, 4.69) is 9.71 Å². The number of nitrogens with zero attached hydrogens (tertiary/aromatic N) is 2. The van der Waals surface area contributed by atoms with E-state index >= 15 is 0 Å². The van der Waals surface area contributed by atoms with Gasteiger partial charge in [0.05, 0.1) is 34.5 Å². The van der Waals surface area contributed by atoms with Gasteiger partial charge in [-0.05, 0) is 56.2 Å². The molecule has 188 valence electrons. The number of aryl methyl sites for hydroxylation is 1. The van der Waals surface area contributed by atoms with Crippen molar-refractivity contribution in [3.63, 3.8) is 0 Å². The Hall–Kier alpha value is -3.70. The maximum atomic E-state index is 13.1. The molecule has 1 aromatic heterocycles. The average molecular weight is 512 g/mol. The average Bonchev–Trinajstić information content (AvgIpc) is 3.39. The Kier molecular flexibility index (Phi) is 6.05. The van der Waals surface area contributed by atoms with Gasteiger partial charge in [-0.1, -0.05) is 18.2 Å². The molecule has 2 aliphatic rings. The molecule has 0 spiro atoms. The molecule has 10 nitrogen and oxygen atoms in total. The highest BCUT2D eigenvalue weighted by molar-refractivity contribution is 7.89. The van der Waals surface area contributed by atoms with Crippen molar-refractivity contribution in [2.75, 3.05) is 0 Å². The van der Waals surface area contributed by atoms with Gasteiger partial charge < -0.3 is 14.9 Å². The molecule has 2 saturated heterocycles. The monoisotopic (exact) mass is 511 g/mol. The second-order valence-corrected chi connectivity index (χ2v) is 10.8. The molecule has 11 heteroatoms. The number of rotatable bonds is 7. The van der Waals surface area contributed by atoms with Gasteiger partial charge >= 0.3 is 12.1 Å². The van der Waals surface area contributed by atoms with E-state index in [1.54, 1.807) is 0 Å². The van der Waals surface area contributed by atoms with Gasteiger partial charge in [0.2, 0.25) is 10.0 Å². The van der Waals surface area contributed by atoms with Crippen LogP contribution in [0, 0.1) is 12.8 Å². The molecule has 4 unspecified atom stereocenters. The maximum absolute atomic E-state index is 13.1. The summed E-state index contributed by atoms with van der Waals surface area (Å²) in [6, 6.07) is 13.0. The quantitative estimate of drug-likeness (QED) is 0.439. The van der Waals surface area contributed by atoms with Gasteiger partial charge in [0.25, 0.3) is 0 Å². The summed E-state index contributed by atoms with van der Waals surface area (Å²) < 4.78 is 34.5. The molecule has 0 saturated carbocycles. The summed E-state index contributed by atoms with van der Waals surface area (Å²) in [7, 11) is -4.10. The van der Waals surface area contributed by atoms with E-state index in [4.69, 9.17) is 4.74 Å². The van der Waals surface area contributed by atoms with E-state index in [9.17, 15) is 28.2 Å². The molecule has 1 amide bonds. The van der Waals surface area contributed by atoms with Crippen molar-refractivity contribution < 1.29 is 33.0 Å². The number of aromatic nitrogens is 1. The van der Waals surface area contributed by atoms with Crippen LogP contribution in [-0.4, -0.2) is 58.7 Å². The van der Waals surface area contributed by atoms with Crippen LogP contribution in [0.4, 0.5) is 4.79 Å². The van der Waals surface area contributed by atoms with Gasteiger partial charge in [-0.2, -0.15) is 0 Å². The minimum atomic E-state index is -4.10. The van der Waals surface area contributed by atoms with E-state index in [1.807, 2.05) is 37.3 Å². The van der Waals surface area contributed by atoms with Crippen molar-refractivity contribution in [3.05, 3.63) is 65.9 Å². The lowest BCUT2D eigenvalue weighted by Gasteiger charge is -2.26. The first-order chi connectivity index (χ1) is 17.2. The smallest absolute Gasteiger partial charge is 0.407 e. The van der Waals surface area contributed by atoms with Crippen LogP contribution in [0.5, 0.6) is 5.75 Å². The molecular formula is C25H25N3O7S. The largest absolute Gasteiger partial charge is 0.489 e. The Morgan fingerprint density at radius 3 is 2.47 bits per heavy atom. The fourth-order valence-corrected chi connectivity index (χ4v) is 6.73. The number of fused-ring (bicyclic) bond motifs is 3. The van der Waals surface area contributed by atoms with Crippen molar-refractivity contribution in [3.8, 4) is 5.75 Å². The van der Waals surface area contributed by atoms with Gasteiger partial charge in [-0.25, -0.2) is 17.9 Å². The molecule has 3 aromatic rings. The van der Waals surface area contributed by atoms with Crippen LogP contribution in [0.2, 0.25) is 0 Å². The van der Waals surface area contributed by atoms with Crippen LogP contribution < -0.4 is 9.46 Å². The molecule has 2 aliphatic heterocycles. The number of pyridine rings is 1. The molecule has 3 N–H and O–H groups in total. The number of carboxylic acids is 1. The summed E-state index contributed by atoms with van der Waals surface area (Å²) in [5.74, 6) is -1.90. The van der Waals surface area contributed by atoms with Crippen LogP contribution in [0.15, 0.2) is 59.5 Å². The lowest BCUT2D eigenvalue weighted by Crippen LogP contribution is -2.49. The number of aliphatic carboxylic acids is 1. The number of nitrogens with one attached hydrogen (secondary N) is 1. The van der Waals surface area contributed by atoms with Gasteiger partial charge in [0, 0.05) is 16.6 Å². The summed E-state index contributed by atoms with van der Waals surface area (Å²) in [5.41, 5.74) is 2.68. The third-order valence-electron chi connectivity index (χ3n) is 6.94. The molecule has 0 aliphatic carbocycles. The first-order valence-corrected chi connectivity index (χ1v) is 13.0. The number of carbonyl (C=O) groups is 2. The summed E-state index contributed by atoms with van der Waals surface area (Å²) in [6.07, 6.45) is -0.442. The molecule has 4 atom stereocenters. The van der Waals surface area contributed by atoms with E-state index in [0.717, 1.165) is 27.1 Å². The Balaban J connectivity index is 1.31. The molecule has 36 heavy (non-hydrogen) atoms. The molecule has 0 radical (unpaired) electrons. The third-order valence-corrected chi connectivity index (χ3v) is 8.42. The van der Waals surface area contributed by atoms with Crippen molar-refractivity contribution in [2.45, 2.75) is 49.4 Å². The zero-order valence-electron chi connectivity index (χ0n) is 19.4. The Morgan fingerprint density at radius 2 is 1.78 bits per heavy atom. The zero-order chi connectivity index (χ0) is 25.6. The molecule has 2 fully saturated rings. The van der Waals surface area contributed by atoms with E-state index in [-0.39, 0.29) is 11.5 Å². The predicted octanol–water partition coefficient (Wildman–Crippen LogP) is 2.99. The van der Waals surface area contributed by atoms with Crippen molar-refractivity contribution >= 4 is 33.0 Å². The Labute approximate surface area is 207 Å². The summed E-state index contributed by atoms with van der Waals surface area (Å²) in [5, 5.41) is 20.1. The third kappa shape index (κ3) is 4.24. The van der Waals surface area contributed by atoms with Crippen molar-refractivity contribution in [2.24, 2.45) is 5.92 Å². The summed E-state index contributed by atoms with van der Waals surface area (Å²) in [4.78, 5) is 29.0. The molecular weight excluding hydrogens is 486 g/mol. The van der Waals surface area contributed by atoms with Crippen LogP contribution >= 0.6 is 0 Å². The number of carboxylic acid groups (broad SMARTS) is 2. The first kappa shape index (κ1) is 24.0. The Bertz CT molecular complexity index is 1440. The Morgan fingerprint density at radius 1 is 1.08 bits per heavy atom. The molecule has 2 aromatic carbocycles. The van der Waals surface area contributed by atoms with E-state index in [0.29, 0.717) is 18.6 Å². The first-order valence-electron chi connectivity index (χ1n) is 11.5. The summed E-state index contributed by atoms with van der Waals surface area (Å²) >= 11 is 0. The van der Waals surface area contributed by atoms with Crippen molar-refractivity contribution in [1.29, 1.82) is 0 Å². The number of benzene rings is 2. The second-order valence-electron chi connectivity index (χ2n) is 9.11. The lowest BCUT2D eigenvalue weighted by molar-refractivity contribution is -0.143. The molecule has 5 rings (SSSR count). The number of para-hydroxylation sites is 1. The van der Waals surface area contributed by atoms with E-state index in [1.165, 1.54) is 24.3 Å². The predicted molar refractivity (Wildman–Crippen MR) is 129 cm³/mol. The van der Waals surface area contributed by atoms with Gasteiger partial charge in [0.15, 0.2) is 0 Å². The second kappa shape index (κ2) is 9.07. The normalized spacial score (nSPS) is 23.2. The number of ether oxygens (including phenoxy) is 1. The number of hydrogen-bond acceptors (Lipinski definition) is 6. The van der Waals surface area contributed by atoms with Crippen LogP contribution in [-0.2, 0) is 21.4 Å². The van der Waals surface area contributed by atoms with Gasteiger partial charge in [-0.3, -0.25) is 14.7 Å². The summed E-state index contributed by atoms with van der Waals surface area (Å²) in [6.45, 7) is 2.17. The minimum Gasteiger partial charge on any atom is -0.489 e. The zero-order valence-corrected chi connectivity index (χ0v) is 20.2. The number of sulfonamides is 1. The fourth-order valence-electron chi connectivity index (χ4n) is 5.44. The van der Waals surface area contributed by atoms with Gasteiger partial charge in [0.1, 0.15) is 12.4 Å². The molecule has 3 heterocycles. The highest BCUT2D eigenvalue weighted by Crippen LogP contribution is 2.42. The van der Waals surface area contributed by atoms with E-state index < -0.39 is 46.1 Å². The molecule has 2 bridgehead atoms. The highest BCUT2D eigenvalue weighted by atomic mass is 32.2. The number of hydrogen-bond donors (Lipinski definition) is 3. The standard InChI is InChI=1S/C25H25N3O7S/c1-14-12-15(18-4-2-3-5-19(18)26-14)13-35-16-6-8-17(9-7-16)36(33,34)27-23-21-11-10-20(22(23)24(29)30)28(21)25(31)32/h2-9,12,20-23,27H,10-11,13H2,1H3,(H,29,30)(H,31,32). The lowest BCUT2D eigenvalue weighted by atomic mass is 9.85. The van der Waals surface area contributed by atoms with Crippen molar-refractivity contribution in [1.82, 2.24) is 14.6 Å². The van der Waals surface area contributed by atoms with Crippen LogP contribution in [0.3, 0.4) is 0 Å². The topological polar surface area (TPSA) is 146 Å². The minimum absolute atomic E-state index is 0.0613. The maximum Gasteiger partial charge on any atom is 0.407 e. The van der Waals surface area contributed by atoms with Gasteiger partial charge in [-0.15, -0.1) is 0 Å².